The second-order valence-corrected chi connectivity index (χ2v) is 8.50. The van der Waals surface area contributed by atoms with E-state index in [1.54, 1.807) is 19.4 Å². The van der Waals surface area contributed by atoms with Gasteiger partial charge in [0.1, 0.15) is 12.4 Å². The number of halogens is 1. The first kappa shape index (κ1) is 22.7. The van der Waals surface area contributed by atoms with Crippen molar-refractivity contribution in [1.82, 2.24) is 9.66 Å². The molecule has 0 bridgehead atoms. The first-order valence-corrected chi connectivity index (χ1v) is 11.4. The summed E-state index contributed by atoms with van der Waals surface area (Å²) in [6.07, 6.45) is 2.20. The fraction of sp³-hybridized carbons (Fsp3) is 0.192. The molecule has 0 saturated heterocycles. The highest BCUT2D eigenvalue weighted by atomic mass is 79.9. The average Bonchev–Trinajstić information content (AvgIpc) is 2.83. The van der Waals surface area contributed by atoms with Gasteiger partial charge in [0, 0.05) is 10.9 Å². The number of aromatic nitrogens is 2. The summed E-state index contributed by atoms with van der Waals surface area (Å²) in [6.45, 7) is 4.44. The summed E-state index contributed by atoms with van der Waals surface area (Å²) in [7, 11) is 1.60. The zero-order chi connectivity index (χ0) is 23.4. The molecule has 0 aliphatic rings. The van der Waals surface area contributed by atoms with Crippen LogP contribution in [-0.4, -0.2) is 23.0 Å². The van der Waals surface area contributed by atoms with Crippen molar-refractivity contribution in [1.29, 1.82) is 0 Å². The van der Waals surface area contributed by atoms with Gasteiger partial charge in [0.25, 0.3) is 5.56 Å². The van der Waals surface area contributed by atoms with Gasteiger partial charge in [0.05, 0.1) is 24.2 Å². The van der Waals surface area contributed by atoms with Gasteiger partial charge in [-0.25, -0.2) is 4.98 Å². The maximum Gasteiger partial charge on any atom is 0.282 e. The average molecular weight is 506 g/mol. The Morgan fingerprint density at radius 2 is 1.85 bits per heavy atom. The SMILES string of the molecule is CCc1nc2ccc(Br)cc2c(=O)n1N=Cc1ccc(OCc2ccc(C)cc2)c(OC)c1. The maximum atomic E-state index is 13.0. The van der Waals surface area contributed by atoms with E-state index in [2.05, 4.69) is 45.1 Å². The van der Waals surface area contributed by atoms with Crippen molar-refractivity contribution < 1.29 is 9.47 Å². The van der Waals surface area contributed by atoms with Gasteiger partial charge in [-0.1, -0.05) is 52.7 Å². The molecule has 0 radical (unpaired) electrons. The smallest absolute Gasteiger partial charge is 0.282 e. The first-order valence-electron chi connectivity index (χ1n) is 10.6. The lowest BCUT2D eigenvalue weighted by atomic mass is 10.2. The Hall–Kier alpha value is -3.45. The molecule has 0 N–H and O–H groups in total. The second kappa shape index (κ2) is 10.0. The highest BCUT2D eigenvalue weighted by molar-refractivity contribution is 9.10. The highest BCUT2D eigenvalue weighted by Gasteiger charge is 2.10. The van der Waals surface area contributed by atoms with Crippen LogP contribution in [0.4, 0.5) is 0 Å². The van der Waals surface area contributed by atoms with Gasteiger partial charge >= 0.3 is 0 Å². The summed E-state index contributed by atoms with van der Waals surface area (Å²) in [5, 5.41) is 4.95. The summed E-state index contributed by atoms with van der Waals surface area (Å²) in [6, 6.07) is 19.2. The molecular formula is C26H24BrN3O3. The molecule has 0 aliphatic carbocycles. The number of methoxy groups -OCH3 is 1. The molecule has 0 atom stereocenters. The zero-order valence-corrected chi connectivity index (χ0v) is 20.3. The van der Waals surface area contributed by atoms with Crippen molar-refractivity contribution in [2.45, 2.75) is 26.9 Å². The zero-order valence-electron chi connectivity index (χ0n) is 18.7. The van der Waals surface area contributed by atoms with Crippen molar-refractivity contribution in [2.75, 3.05) is 7.11 Å². The number of fused-ring (bicyclic) bond motifs is 1. The Kier molecular flexibility index (Phi) is 6.89. The Morgan fingerprint density at radius 1 is 1.06 bits per heavy atom. The number of benzene rings is 3. The molecule has 4 rings (SSSR count). The molecule has 0 unspecified atom stereocenters. The lowest BCUT2D eigenvalue weighted by Gasteiger charge is -2.12. The Balaban J connectivity index is 1.60. The Morgan fingerprint density at radius 3 is 2.58 bits per heavy atom. The molecule has 0 saturated carbocycles. The lowest BCUT2D eigenvalue weighted by molar-refractivity contribution is 0.284. The van der Waals surface area contributed by atoms with Gasteiger partial charge in [-0.15, -0.1) is 0 Å². The van der Waals surface area contributed by atoms with Gasteiger partial charge in [0.2, 0.25) is 0 Å². The molecule has 6 nitrogen and oxygen atoms in total. The van der Waals surface area contributed by atoms with Crippen molar-refractivity contribution >= 4 is 33.0 Å². The molecule has 0 aliphatic heterocycles. The normalized spacial score (nSPS) is 11.3. The molecule has 0 amide bonds. The predicted molar refractivity (Wildman–Crippen MR) is 135 cm³/mol. The van der Waals surface area contributed by atoms with Crippen LogP contribution in [0.1, 0.15) is 29.4 Å². The lowest BCUT2D eigenvalue weighted by Crippen LogP contribution is -2.22. The fourth-order valence-corrected chi connectivity index (χ4v) is 3.76. The quantitative estimate of drug-likeness (QED) is 0.311. The third kappa shape index (κ3) is 5.14. The summed E-state index contributed by atoms with van der Waals surface area (Å²) < 4.78 is 13.6. The number of rotatable bonds is 7. The van der Waals surface area contributed by atoms with Crippen LogP contribution in [0, 0.1) is 6.92 Å². The number of aryl methyl sites for hydroxylation is 2. The van der Waals surface area contributed by atoms with Crippen molar-refractivity contribution in [3.8, 4) is 11.5 Å². The fourth-order valence-electron chi connectivity index (χ4n) is 3.40. The van der Waals surface area contributed by atoms with Gasteiger partial charge in [-0.3, -0.25) is 4.79 Å². The van der Waals surface area contributed by atoms with E-state index >= 15 is 0 Å². The number of hydrogen-bond donors (Lipinski definition) is 0. The third-order valence-corrected chi connectivity index (χ3v) is 5.71. The molecule has 1 aromatic heterocycles. The molecule has 1 heterocycles. The van der Waals surface area contributed by atoms with E-state index < -0.39 is 0 Å². The third-order valence-electron chi connectivity index (χ3n) is 5.22. The van der Waals surface area contributed by atoms with E-state index in [1.165, 1.54) is 10.2 Å². The van der Waals surface area contributed by atoms with Crippen LogP contribution < -0.4 is 15.0 Å². The molecule has 0 spiro atoms. The van der Waals surface area contributed by atoms with Crippen LogP contribution >= 0.6 is 15.9 Å². The number of ether oxygens (including phenoxy) is 2. The minimum atomic E-state index is -0.209. The van der Waals surface area contributed by atoms with E-state index in [9.17, 15) is 4.79 Å². The van der Waals surface area contributed by atoms with Gasteiger partial charge in [-0.2, -0.15) is 9.78 Å². The Bertz CT molecular complexity index is 1380. The Labute approximate surface area is 200 Å². The minimum absolute atomic E-state index is 0.209. The summed E-state index contributed by atoms with van der Waals surface area (Å²) in [5.41, 5.74) is 3.51. The second-order valence-electron chi connectivity index (χ2n) is 7.59. The van der Waals surface area contributed by atoms with E-state index in [-0.39, 0.29) is 5.56 Å². The van der Waals surface area contributed by atoms with Crippen LogP contribution in [0.15, 0.2) is 75.0 Å². The van der Waals surface area contributed by atoms with Crippen LogP contribution in [0.5, 0.6) is 11.5 Å². The van der Waals surface area contributed by atoms with E-state index in [1.807, 2.05) is 49.4 Å². The van der Waals surface area contributed by atoms with Gasteiger partial charge in [-0.05, 0) is 54.4 Å². The molecule has 33 heavy (non-hydrogen) atoms. The van der Waals surface area contributed by atoms with Crippen molar-refractivity contribution in [3.63, 3.8) is 0 Å². The van der Waals surface area contributed by atoms with Crippen LogP contribution in [-0.2, 0) is 13.0 Å². The molecule has 4 aromatic rings. The molecule has 3 aromatic carbocycles. The summed E-state index contributed by atoms with van der Waals surface area (Å²) in [5.74, 6) is 1.82. The van der Waals surface area contributed by atoms with Crippen molar-refractivity contribution in [2.24, 2.45) is 5.10 Å². The van der Waals surface area contributed by atoms with Crippen LogP contribution in [0.25, 0.3) is 10.9 Å². The van der Waals surface area contributed by atoms with E-state index in [0.717, 1.165) is 15.6 Å². The van der Waals surface area contributed by atoms with Crippen molar-refractivity contribution in [3.05, 3.63) is 98.0 Å². The summed E-state index contributed by atoms with van der Waals surface area (Å²) in [4.78, 5) is 17.6. The minimum Gasteiger partial charge on any atom is -0.493 e. The van der Waals surface area contributed by atoms with E-state index in [0.29, 0.717) is 41.3 Å². The predicted octanol–water partition coefficient (Wildman–Crippen LogP) is 5.50. The number of hydrogen-bond acceptors (Lipinski definition) is 5. The molecule has 7 heteroatoms. The summed E-state index contributed by atoms with van der Waals surface area (Å²) >= 11 is 3.42. The van der Waals surface area contributed by atoms with Crippen LogP contribution in [0.3, 0.4) is 0 Å². The van der Waals surface area contributed by atoms with Crippen LogP contribution in [0.2, 0.25) is 0 Å². The van der Waals surface area contributed by atoms with Gasteiger partial charge in [0.15, 0.2) is 11.5 Å². The monoisotopic (exact) mass is 505 g/mol. The largest absolute Gasteiger partial charge is 0.493 e. The molecule has 0 fully saturated rings. The molecular weight excluding hydrogens is 482 g/mol. The maximum absolute atomic E-state index is 13.0. The van der Waals surface area contributed by atoms with Gasteiger partial charge < -0.3 is 9.47 Å². The first-order chi connectivity index (χ1) is 16.0. The standard InChI is InChI=1S/C26H24BrN3O3/c1-4-25-29-22-11-10-20(27)14-21(22)26(31)30(25)28-15-19-9-12-23(24(13-19)32-3)33-16-18-7-5-17(2)6-8-18/h5-15H,4,16H2,1-3H3. The topological polar surface area (TPSA) is 65.7 Å². The van der Waals surface area contributed by atoms with E-state index in [4.69, 9.17) is 9.47 Å². The molecule has 168 valence electrons. The highest BCUT2D eigenvalue weighted by Crippen LogP contribution is 2.28. The number of nitrogens with zero attached hydrogens (tertiary/aromatic N) is 3.